The van der Waals surface area contributed by atoms with Crippen LogP contribution in [0.4, 0.5) is 17.1 Å². The normalized spacial score (nSPS) is 11.3. The Morgan fingerprint density at radius 1 is 0.452 bits per heavy atom. The van der Waals surface area contributed by atoms with Gasteiger partial charge in [0.05, 0.1) is 0 Å². The molecule has 0 bridgehead atoms. The van der Waals surface area contributed by atoms with Gasteiger partial charge in [-0.15, -0.1) is 0 Å². The minimum atomic E-state index is 1.14. The van der Waals surface area contributed by atoms with E-state index in [9.17, 15) is 0 Å². The second kappa shape index (κ2) is 9.77. The van der Waals surface area contributed by atoms with Crippen molar-refractivity contribution in [3.8, 4) is 0 Å². The van der Waals surface area contributed by atoms with Gasteiger partial charge >= 0.3 is 0 Å². The first-order valence-electron chi connectivity index (χ1n) is 10.6. The highest BCUT2D eigenvalue weighted by molar-refractivity contribution is 5.77. The molecule has 4 aromatic carbocycles. The van der Waals surface area contributed by atoms with Crippen molar-refractivity contribution in [3.05, 3.63) is 138 Å². The molecule has 0 saturated heterocycles. The molecule has 4 aromatic rings. The number of rotatable bonds is 6. The summed E-state index contributed by atoms with van der Waals surface area (Å²) in [7, 11) is 0. The minimum Gasteiger partial charge on any atom is -0.311 e. The monoisotopic (exact) mass is 401 g/mol. The molecule has 0 radical (unpaired) electrons. The van der Waals surface area contributed by atoms with Crippen molar-refractivity contribution in [1.82, 2.24) is 0 Å². The Balaban J connectivity index is 1.57. The van der Waals surface area contributed by atoms with Crippen LogP contribution in [0.1, 0.15) is 22.3 Å². The van der Waals surface area contributed by atoms with Crippen molar-refractivity contribution in [1.29, 1.82) is 0 Å². The summed E-state index contributed by atoms with van der Waals surface area (Å²) in [4.78, 5) is 2.29. The summed E-state index contributed by atoms with van der Waals surface area (Å²) in [6.45, 7) is 4.24. The van der Waals surface area contributed by atoms with Gasteiger partial charge in [-0.2, -0.15) is 0 Å². The van der Waals surface area contributed by atoms with Crippen molar-refractivity contribution in [3.63, 3.8) is 0 Å². The summed E-state index contributed by atoms with van der Waals surface area (Å²) < 4.78 is 0. The van der Waals surface area contributed by atoms with Crippen LogP contribution in [-0.2, 0) is 0 Å². The molecule has 0 aliphatic rings. The van der Waals surface area contributed by atoms with Gasteiger partial charge in [0, 0.05) is 17.1 Å². The second-order valence-electron chi connectivity index (χ2n) is 7.73. The Morgan fingerprint density at radius 3 is 1.29 bits per heavy atom. The summed E-state index contributed by atoms with van der Waals surface area (Å²) >= 11 is 0. The molecule has 4 rings (SSSR count). The molecule has 0 heterocycles. The maximum atomic E-state index is 2.29. The lowest BCUT2D eigenvalue weighted by atomic mass is 10.1. The van der Waals surface area contributed by atoms with Crippen LogP contribution in [0.3, 0.4) is 0 Å². The lowest BCUT2D eigenvalue weighted by Gasteiger charge is -2.25. The van der Waals surface area contributed by atoms with Crippen molar-refractivity contribution < 1.29 is 0 Å². The van der Waals surface area contributed by atoms with Crippen molar-refractivity contribution in [2.75, 3.05) is 4.90 Å². The van der Waals surface area contributed by atoms with Crippen LogP contribution in [0.5, 0.6) is 0 Å². The molecule has 1 heteroatoms. The molecule has 0 aliphatic carbocycles. The van der Waals surface area contributed by atoms with Gasteiger partial charge < -0.3 is 4.90 Å². The third kappa shape index (κ3) is 5.40. The fourth-order valence-corrected chi connectivity index (χ4v) is 3.47. The number of aryl methyl sites for hydroxylation is 2. The highest BCUT2D eigenvalue weighted by Crippen LogP contribution is 2.34. The molecular weight excluding hydrogens is 374 g/mol. The number of allylic oxidation sites excluding steroid dienone is 2. The van der Waals surface area contributed by atoms with E-state index < -0.39 is 0 Å². The van der Waals surface area contributed by atoms with E-state index in [1.165, 1.54) is 22.3 Å². The smallest absolute Gasteiger partial charge is 0.0462 e. The minimum absolute atomic E-state index is 1.14. The van der Waals surface area contributed by atoms with Gasteiger partial charge in [0.25, 0.3) is 0 Å². The van der Waals surface area contributed by atoms with E-state index in [0.29, 0.717) is 0 Å². The third-order valence-corrected chi connectivity index (χ3v) is 5.22. The molecule has 0 amide bonds. The molecule has 0 atom stereocenters. The van der Waals surface area contributed by atoms with Crippen molar-refractivity contribution >= 4 is 29.2 Å². The van der Waals surface area contributed by atoms with Gasteiger partial charge in [-0.25, -0.2) is 0 Å². The highest BCUT2D eigenvalue weighted by Gasteiger charge is 2.11. The molecule has 31 heavy (non-hydrogen) atoms. The molecule has 152 valence electrons. The first-order valence-corrected chi connectivity index (χ1v) is 10.6. The molecule has 0 N–H and O–H groups in total. The van der Waals surface area contributed by atoms with E-state index in [0.717, 1.165) is 17.1 Å². The second-order valence-corrected chi connectivity index (χ2v) is 7.73. The van der Waals surface area contributed by atoms with Crippen molar-refractivity contribution in [2.45, 2.75) is 13.8 Å². The van der Waals surface area contributed by atoms with E-state index in [2.05, 4.69) is 140 Å². The Morgan fingerprint density at radius 2 is 0.839 bits per heavy atom. The largest absolute Gasteiger partial charge is 0.311 e. The van der Waals surface area contributed by atoms with E-state index in [-0.39, 0.29) is 0 Å². The van der Waals surface area contributed by atoms with Gasteiger partial charge in [-0.05, 0) is 61.4 Å². The Labute approximate surface area is 185 Å². The molecular formula is C30H27N. The summed E-state index contributed by atoms with van der Waals surface area (Å²) in [5.41, 5.74) is 8.36. The maximum absolute atomic E-state index is 2.29. The first kappa shape index (κ1) is 20.4. The predicted molar refractivity (Wildman–Crippen MR) is 135 cm³/mol. The molecule has 0 spiro atoms. The Bertz CT molecular complexity index is 1100. The molecule has 1 nitrogen and oxygen atoms in total. The van der Waals surface area contributed by atoms with Gasteiger partial charge in [-0.3, -0.25) is 0 Å². The molecule has 0 aromatic heterocycles. The number of hydrogen-bond acceptors (Lipinski definition) is 1. The zero-order chi connectivity index (χ0) is 21.5. The maximum Gasteiger partial charge on any atom is 0.0462 e. The van der Waals surface area contributed by atoms with Gasteiger partial charge in [0.2, 0.25) is 0 Å². The fraction of sp³-hybridized carbons (Fsp3) is 0.0667. The lowest BCUT2D eigenvalue weighted by molar-refractivity contribution is 1.27. The summed E-state index contributed by atoms with van der Waals surface area (Å²) in [6, 6.07) is 36.4. The van der Waals surface area contributed by atoms with E-state index in [1.807, 2.05) is 6.07 Å². The quantitative estimate of drug-likeness (QED) is 0.293. The Kier molecular flexibility index (Phi) is 6.44. The molecule has 0 saturated carbocycles. The topological polar surface area (TPSA) is 3.24 Å². The number of benzene rings is 4. The standard InChI is InChI=1S/C30H27N/c1-24-12-18-28(19-13-24)31(29-20-14-25(2)15-21-29)30-22-16-27(17-23-30)11-7-6-10-26-8-4-3-5-9-26/h3-23H,1-2H3/b10-6+,11-7+. The van der Waals surface area contributed by atoms with Crippen LogP contribution in [0.15, 0.2) is 115 Å². The van der Waals surface area contributed by atoms with E-state index in [4.69, 9.17) is 0 Å². The summed E-state index contributed by atoms with van der Waals surface area (Å²) in [5.74, 6) is 0. The van der Waals surface area contributed by atoms with Gasteiger partial charge in [-0.1, -0.05) is 102 Å². The van der Waals surface area contributed by atoms with Crippen LogP contribution < -0.4 is 4.90 Å². The van der Waals surface area contributed by atoms with Crippen LogP contribution in [0, 0.1) is 13.8 Å². The summed E-state index contributed by atoms with van der Waals surface area (Å²) in [5, 5.41) is 0. The van der Waals surface area contributed by atoms with Gasteiger partial charge in [0.15, 0.2) is 0 Å². The van der Waals surface area contributed by atoms with Crippen LogP contribution in [0.25, 0.3) is 12.2 Å². The van der Waals surface area contributed by atoms with Crippen LogP contribution >= 0.6 is 0 Å². The SMILES string of the molecule is Cc1ccc(N(c2ccc(C)cc2)c2ccc(/C=C/C=C/c3ccccc3)cc2)cc1. The van der Waals surface area contributed by atoms with E-state index >= 15 is 0 Å². The van der Waals surface area contributed by atoms with Crippen LogP contribution in [-0.4, -0.2) is 0 Å². The number of nitrogens with zero attached hydrogens (tertiary/aromatic N) is 1. The summed E-state index contributed by atoms with van der Waals surface area (Å²) in [6.07, 6.45) is 8.40. The first-order chi connectivity index (χ1) is 15.2. The van der Waals surface area contributed by atoms with E-state index in [1.54, 1.807) is 0 Å². The molecule has 0 unspecified atom stereocenters. The third-order valence-electron chi connectivity index (χ3n) is 5.22. The molecule has 0 aliphatic heterocycles. The van der Waals surface area contributed by atoms with Crippen molar-refractivity contribution in [2.24, 2.45) is 0 Å². The zero-order valence-electron chi connectivity index (χ0n) is 18.1. The lowest BCUT2D eigenvalue weighted by Crippen LogP contribution is -2.09. The predicted octanol–water partition coefficient (Wildman–Crippen LogP) is 8.50. The number of hydrogen-bond donors (Lipinski definition) is 0. The van der Waals surface area contributed by atoms with Gasteiger partial charge in [0.1, 0.15) is 0 Å². The fourth-order valence-electron chi connectivity index (χ4n) is 3.47. The molecule has 0 fully saturated rings. The van der Waals surface area contributed by atoms with Crippen LogP contribution in [0.2, 0.25) is 0 Å². The highest BCUT2D eigenvalue weighted by atomic mass is 15.1. The average molecular weight is 402 g/mol. The number of anilines is 3. The Hall–Kier alpha value is -3.84. The average Bonchev–Trinajstić information content (AvgIpc) is 2.81. The zero-order valence-corrected chi connectivity index (χ0v) is 18.1.